The molecule has 0 aliphatic rings. The Labute approximate surface area is 180 Å². The van der Waals surface area contributed by atoms with E-state index in [-0.39, 0.29) is 28.7 Å². The predicted molar refractivity (Wildman–Crippen MR) is 110 cm³/mol. The highest BCUT2D eigenvalue weighted by molar-refractivity contribution is 6.31. The molecule has 2 aromatic carbocycles. The highest BCUT2D eigenvalue weighted by Gasteiger charge is 2.18. The molecule has 0 spiro atoms. The van der Waals surface area contributed by atoms with Crippen molar-refractivity contribution >= 4 is 35.0 Å². The summed E-state index contributed by atoms with van der Waals surface area (Å²) in [6.07, 6.45) is 0.511. The van der Waals surface area contributed by atoms with Crippen molar-refractivity contribution in [3.8, 4) is 16.9 Å². The standard InChI is InChI=1S/C20H16Cl2F2N4O2/c21-12-6-11(7-13(23)8-12)18-10-17(20(30)26-5-1-2-19(25)29)27-28(18)14-3-4-16(24)15(22)9-14/h3-4,6-10H,1-2,5H2,(H2,25,29)(H,26,30). The topological polar surface area (TPSA) is 90.0 Å². The fraction of sp³-hybridized carbons (Fsp3) is 0.150. The van der Waals surface area contributed by atoms with E-state index in [2.05, 4.69) is 10.4 Å². The van der Waals surface area contributed by atoms with Crippen molar-refractivity contribution in [3.05, 3.63) is 69.8 Å². The third-order valence-electron chi connectivity index (χ3n) is 4.13. The van der Waals surface area contributed by atoms with Crippen LogP contribution in [0.4, 0.5) is 8.78 Å². The number of primary amides is 1. The van der Waals surface area contributed by atoms with Crippen LogP contribution in [-0.4, -0.2) is 28.1 Å². The van der Waals surface area contributed by atoms with Gasteiger partial charge in [-0.25, -0.2) is 13.5 Å². The summed E-state index contributed by atoms with van der Waals surface area (Å²) >= 11 is 11.8. The molecule has 0 radical (unpaired) electrons. The number of nitrogens with zero attached hydrogens (tertiary/aromatic N) is 2. The van der Waals surface area contributed by atoms with E-state index in [0.29, 0.717) is 23.4 Å². The molecule has 3 rings (SSSR count). The SMILES string of the molecule is NC(=O)CCCNC(=O)c1cc(-c2cc(F)cc(Cl)c2)n(-c2ccc(F)c(Cl)c2)n1. The molecule has 0 atom stereocenters. The second kappa shape index (κ2) is 9.23. The zero-order valence-electron chi connectivity index (χ0n) is 15.5. The van der Waals surface area contributed by atoms with Crippen molar-refractivity contribution < 1.29 is 18.4 Å². The van der Waals surface area contributed by atoms with Gasteiger partial charge in [-0.1, -0.05) is 23.2 Å². The molecule has 3 N–H and O–H groups in total. The van der Waals surface area contributed by atoms with Gasteiger partial charge in [-0.2, -0.15) is 5.10 Å². The number of nitrogens with one attached hydrogen (secondary N) is 1. The Hall–Kier alpha value is -2.97. The van der Waals surface area contributed by atoms with E-state index in [0.717, 1.165) is 12.1 Å². The van der Waals surface area contributed by atoms with Gasteiger partial charge in [0.25, 0.3) is 5.91 Å². The normalized spacial score (nSPS) is 10.8. The zero-order chi connectivity index (χ0) is 21.8. The van der Waals surface area contributed by atoms with E-state index in [4.69, 9.17) is 28.9 Å². The van der Waals surface area contributed by atoms with E-state index in [1.165, 1.54) is 35.0 Å². The number of hydrogen-bond acceptors (Lipinski definition) is 3. The molecule has 6 nitrogen and oxygen atoms in total. The molecule has 3 aromatic rings. The van der Waals surface area contributed by atoms with E-state index in [1.54, 1.807) is 0 Å². The minimum Gasteiger partial charge on any atom is -0.370 e. The van der Waals surface area contributed by atoms with Crippen LogP contribution >= 0.6 is 23.2 Å². The molecule has 156 valence electrons. The Balaban J connectivity index is 2.00. The number of hydrogen-bond donors (Lipinski definition) is 2. The first-order valence-corrected chi connectivity index (χ1v) is 9.58. The van der Waals surface area contributed by atoms with Gasteiger partial charge in [0.1, 0.15) is 11.6 Å². The quantitative estimate of drug-likeness (QED) is 0.528. The summed E-state index contributed by atoms with van der Waals surface area (Å²) in [5.74, 6) is -2.16. The Kier molecular flexibility index (Phi) is 6.69. The monoisotopic (exact) mass is 452 g/mol. The number of carbonyl (C=O) groups is 2. The maximum absolute atomic E-state index is 13.9. The Bertz CT molecular complexity index is 1100. The van der Waals surface area contributed by atoms with Gasteiger partial charge in [0.2, 0.25) is 5.91 Å². The molecule has 1 aromatic heterocycles. The van der Waals surface area contributed by atoms with Gasteiger partial charge in [0, 0.05) is 23.6 Å². The first-order chi connectivity index (χ1) is 14.2. The second-order valence-electron chi connectivity index (χ2n) is 6.41. The molecule has 0 fully saturated rings. The van der Waals surface area contributed by atoms with Gasteiger partial charge in [-0.15, -0.1) is 0 Å². The van der Waals surface area contributed by atoms with Crippen LogP contribution in [-0.2, 0) is 4.79 Å². The van der Waals surface area contributed by atoms with Gasteiger partial charge in [-0.3, -0.25) is 9.59 Å². The van der Waals surface area contributed by atoms with Gasteiger partial charge >= 0.3 is 0 Å². The third kappa shape index (κ3) is 5.14. The lowest BCUT2D eigenvalue weighted by Gasteiger charge is -2.09. The number of carbonyl (C=O) groups excluding carboxylic acids is 2. The number of benzene rings is 2. The molecule has 10 heteroatoms. The summed E-state index contributed by atoms with van der Waals surface area (Å²) < 4.78 is 28.8. The maximum atomic E-state index is 13.9. The minimum atomic E-state index is -0.615. The Morgan fingerprint density at radius 2 is 1.87 bits per heavy atom. The van der Waals surface area contributed by atoms with Gasteiger partial charge in [-0.05, 0) is 48.9 Å². The summed E-state index contributed by atoms with van der Waals surface area (Å²) in [6, 6.07) is 9.26. The molecule has 1 heterocycles. The van der Waals surface area contributed by atoms with Crippen molar-refractivity contribution in [1.82, 2.24) is 15.1 Å². The van der Waals surface area contributed by atoms with Crippen molar-refractivity contribution in [3.63, 3.8) is 0 Å². The van der Waals surface area contributed by atoms with Crippen LogP contribution in [0.2, 0.25) is 10.0 Å². The Morgan fingerprint density at radius 3 is 2.53 bits per heavy atom. The summed E-state index contributed by atoms with van der Waals surface area (Å²) in [5.41, 5.74) is 6.18. The molecule has 0 bridgehead atoms. The van der Waals surface area contributed by atoms with Crippen LogP contribution in [0.25, 0.3) is 16.9 Å². The third-order valence-corrected chi connectivity index (χ3v) is 4.64. The highest BCUT2D eigenvalue weighted by atomic mass is 35.5. The molecule has 2 amide bonds. The predicted octanol–water partition coefficient (Wildman–Crippen LogP) is 4.12. The highest BCUT2D eigenvalue weighted by Crippen LogP contribution is 2.29. The largest absolute Gasteiger partial charge is 0.370 e. The number of nitrogens with two attached hydrogens (primary N) is 1. The average molecular weight is 453 g/mol. The number of amides is 2. The number of aromatic nitrogens is 2. The second-order valence-corrected chi connectivity index (χ2v) is 7.25. The van der Waals surface area contributed by atoms with Crippen LogP contribution < -0.4 is 11.1 Å². The number of rotatable bonds is 7. The lowest BCUT2D eigenvalue weighted by atomic mass is 10.1. The molecule has 0 aliphatic heterocycles. The van der Waals surface area contributed by atoms with Gasteiger partial charge in [0.05, 0.1) is 16.4 Å². The van der Waals surface area contributed by atoms with Crippen LogP contribution in [0.5, 0.6) is 0 Å². The van der Waals surface area contributed by atoms with Gasteiger partial charge < -0.3 is 11.1 Å². The average Bonchev–Trinajstić information content (AvgIpc) is 3.12. The molecule has 0 saturated heterocycles. The molecule has 0 saturated carbocycles. The lowest BCUT2D eigenvalue weighted by molar-refractivity contribution is -0.118. The first-order valence-electron chi connectivity index (χ1n) is 8.83. The summed E-state index contributed by atoms with van der Waals surface area (Å²) in [5, 5.41) is 6.92. The molecule has 0 unspecified atom stereocenters. The van der Waals surface area contributed by atoms with E-state index in [1.807, 2.05) is 0 Å². The van der Waals surface area contributed by atoms with Gasteiger partial charge in [0.15, 0.2) is 5.69 Å². The van der Waals surface area contributed by atoms with Crippen LogP contribution in [0.15, 0.2) is 42.5 Å². The lowest BCUT2D eigenvalue weighted by Crippen LogP contribution is -2.26. The molecule has 30 heavy (non-hydrogen) atoms. The minimum absolute atomic E-state index is 0.0323. The fourth-order valence-corrected chi connectivity index (χ4v) is 3.16. The van der Waals surface area contributed by atoms with Crippen LogP contribution in [0, 0.1) is 11.6 Å². The zero-order valence-corrected chi connectivity index (χ0v) is 17.0. The van der Waals surface area contributed by atoms with Crippen LogP contribution in [0.1, 0.15) is 23.3 Å². The van der Waals surface area contributed by atoms with E-state index in [9.17, 15) is 18.4 Å². The maximum Gasteiger partial charge on any atom is 0.271 e. The molecular weight excluding hydrogens is 437 g/mol. The van der Waals surface area contributed by atoms with E-state index >= 15 is 0 Å². The summed E-state index contributed by atoms with van der Waals surface area (Å²) in [6.45, 7) is 0.220. The van der Waals surface area contributed by atoms with Crippen molar-refractivity contribution in [2.75, 3.05) is 6.54 Å². The first kappa shape index (κ1) is 21.7. The summed E-state index contributed by atoms with van der Waals surface area (Å²) in [7, 11) is 0. The Morgan fingerprint density at radius 1 is 1.10 bits per heavy atom. The fourth-order valence-electron chi connectivity index (χ4n) is 2.77. The summed E-state index contributed by atoms with van der Waals surface area (Å²) in [4.78, 5) is 23.3. The molecule has 0 aliphatic carbocycles. The van der Waals surface area contributed by atoms with Crippen molar-refractivity contribution in [1.29, 1.82) is 0 Å². The smallest absolute Gasteiger partial charge is 0.271 e. The molecular formula is C20H16Cl2F2N4O2. The van der Waals surface area contributed by atoms with Crippen molar-refractivity contribution in [2.24, 2.45) is 5.73 Å². The number of halogens is 4. The van der Waals surface area contributed by atoms with Crippen LogP contribution in [0.3, 0.4) is 0 Å². The van der Waals surface area contributed by atoms with E-state index < -0.39 is 23.4 Å². The van der Waals surface area contributed by atoms with Crippen molar-refractivity contribution in [2.45, 2.75) is 12.8 Å².